The summed E-state index contributed by atoms with van der Waals surface area (Å²) < 4.78 is 7.49. The smallest absolute Gasteiger partial charge is 0.214 e. The molecule has 1 aliphatic rings. The molecule has 0 fully saturated rings. The molecule has 0 spiro atoms. The summed E-state index contributed by atoms with van der Waals surface area (Å²) in [6, 6.07) is 14.6. The van der Waals surface area contributed by atoms with E-state index in [9.17, 15) is 0 Å². The van der Waals surface area contributed by atoms with Gasteiger partial charge in [-0.25, -0.2) is 0 Å². The van der Waals surface area contributed by atoms with Gasteiger partial charge in [-0.1, -0.05) is 23.9 Å². The van der Waals surface area contributed by atoms with Crippen molar-refractivity contribution in [3.63, 3.8) is 0 Å². The highest BCUT2D eigenvalue weighted by Gasteiger charge is 2.22. The molecule has 0 unspecified atom stereocenters. The molecule has 112 valence electrons. The highest BCUT2D eigenvalue weighted by Crippen LogP contribution is 2.46. The van der Waals surface area contributed by atoms with Crippen LogP contribution in [0.4, 0.5) is 11.4 Å². The molecule has 0 amide bonds. The number of hydrogen-bond acceptors (Lipinski definition) is 3. The molecule has 0 saturated heterocycles. The van der Waals surface area contributed by atoms with Crippen molar-refractivity contribution >= 4 is 34.0 Å². The van der Waals surface area contributed by atoms with Crippen LogP contribution in [0.25, 0.3) is 10.9 Å². The lowest BCUT2D eigenvalue weighted by Crippen LogP contribution is -3.00. The fraction of sp³-hybridized carbons (Fsp3) is 0.118. The minimum atomic E-state index is 0. The number of aryl methyl sites for hydroxylation is 1. The van der Waals surface area contributed by atoms with Gasteiger partial charge in [0.15, 0.2) is 6.20 Å². The number of benzene rings is 2. The molecule has 0 radical (unpaired) electrons. The predicted molar refractivity (Wildman–Crippen MR) is 85.5 cm³/mol. The van der Waals surface area contributed by atoms with Gasteiger partial charge in [0.1, 0.15) is 17.7 Å². The largest absolute Gasteiger partial charge is 1.00 e. The minimum absolute atomic E-state index is 0. The monoisotopic (exact) mass is 330 g/mol. The Morgan fingerprint density at radius 3 is 2.73 bits per heavy atom. The number of ether oxygens (including phenoxy) is 1. The van der Waals surface area contributed by atoms with Gasteiger partial charge in [0.2, 0.25) is 5.52 Å². The first-order chi connectivity index (χ1) is 10.3. The number of halogens is 1. The van der Waals surface area contributed by atoms with Crippen LogP contribution >= 0.6 is 11.8 Å². The summed E-state index contributed by atoms with van der Waals surface area (Å²) in [6.45, 7) is 0. The lowest BCUT2D eigenvalue weighted by Gasteiger charge is -2.21. The second-order valence-corrected chi connectivity index (χ2v) is 6.17. The topological polar surface area (TPSA) is 25.1 Å². The van der Waals surface area contributed by atoms with Crippen LogP contribution in [0.1, 0.15) is 0 Å². The molecule has 1 aromatic heterocycles. The number of pyridine rings is 1. The van der Waals surface area contributed by atoms with Crippen LogP contribution in [0, 0.1) is 0 Å². The summed E-state index contributed by atoms with van der Waals surface area (Å²) in [7, 11) is 3.79. The van der Waals surface area contributed by atoms with Gasteiger partial charge in [-0.05, 0) is 24.3 Å². The van der Waals surface area contributed by atoms with Gasteiger partial charge in [-0.2, -0.15) is 4.57 Å². The van der Waals surface area contributed by atoms with E-state index in [0.29, 0.717) is 0 Å². The van der Waals surface area contributed by atoms with E-state index >= 15 is 0 Å². The summed E-state index contributed by atoms with van der Waals surface area (Å²) in [5, 5.41) is 4.81. The van der Waals surface area contributed by atoms with Gasteiger partial charge in [0.25, 0.3) is 0 Å². The van der Waals surface area contributed by atoms with Crippen LogP contribution in [0.2, 0.25) is 0 Å². The first kappa shape index (κ1) is 15.0. The fourth-order valence-corrected chi connectivity index (χ4v) is 3.83. The first-order valence-corrected chi connectivity index (χ1v) is 7.62. The fourth-order valence-electron chi connectivity index (χ4n) is 2.71. The number of anilines is 2. The molecule has 5 heteroatoms. The number of aromatic nitrogens is 1. The lowest BCUT2D eigenvalue weighted by molar-refractivity contribution is -0.646. The zero-order chi connectivity index (χ0) is 14.4. The Morgan fingerprint density at radius 1 is 1.09 bits per heavy atom. The maximum absolute atomic E-state index is 5.32. The van der Waals surface area contributed by atoms with E-state index in [0.717, 1.165) is 11.4 Å². The molecule has 0 bridgehead atoms. The second kappa shape index (κ2) is 5.71. The third kappa shape index (κ3) is 2.28. The maximum Gasteiger partial charge on any atom is 0.214 e. The molecule has 0 saturated carbocycles. The summed E-state index contributed by atoms with van der Waals surface area (Å²) >= 11 is 1.78. The Kier molecular flexibility index (Phi) is 3.89. The van der Waals surface area contributed by atoms with E-state index in [2.05, 4.69) is 59.5 Å². The lowest BCUT2D eigenvalue weighted by atomic mass is 10.1. The number of methoxy groups -OCH3 is 1. The Bertz CT molecular complexity index is 867. The van der Waals surface area contributed by atoms with Crippen molar-refractivity contribution in [3.8, 4) is 5.75 Å². The third-order valence-electron chi connectivity index (χ3n) is 3.78. The van der Waals surface area contributed by atoms with Gasteiger partial charge in [-0.3, -0.25) is 0 Å². The number of rotatable bonds is 1. The SMILES string of the molecule is COc1ccc2c(c1)Sc1c[n+](C)c3ccccc3c1N2.[Cl-]. The first-order valence-electron chi connectivity index (χ1n) is 6.80. The highest BCUT2D eigenvalue weighted by molar-refractivity contribution is 7.99. The normalized spacial score (nSPS) is 11.9. The quantitative estimate of drug-likeness (QED) is 0.525. The van der Waals surface area contributed by atoms with Crippen molar-refractivity contribution < 1.29 is 21.7 Å². The average molecular weight is 331 g/mol. The predicted octanol–water partition coefficient (Wildman–Crippen LogP) is 0.885. The molecular weight excluding hydrogens is 316 g/mol. The Balaban J connectivity index is 0.00000144. The summed E-state index contributed by atoms with van der Waals surface area (Å²) in [4.78, 5) is 2.43. The Morgan fingerprint density at radius 2 is 1.91 bits per heavy atom. The maximum atomic E-state index is 5.32. The summed E-state index contributed by atoms with van der Waals surface area (Å²) in [6.07, 6.45) is 2.18. The van der Waals surface area contributed by atoms with Gasteiger partial charge in [0, 0.05) is 11.0 Å². The number of hydrogen-bond donors (Lipinski definition) is 1. The molecule has 3 aromatic rings. The van der Waals surface area contributed by atoms with Crippen LogP contribution in [0.5, 0.6) is 5.75 Å². The molecule has 4 rings (SSSR count). The van der Waals surface area contributed by atoms with E-state index in [1.165, 1.54) is 26.4 Å². The van der Waals surface area contributed by atoms with Crippen LogP contribution in [-0.4, -0.2) is 7.11 Å². The molecule has 1 aliphatic heterocycles. The molecule has 2 heterocycles. The minimum Gasteiger partial charge on any atom is -1.00 e. The zero-order valence-electron chi connectivity index (χ0n) is 12.3. The molecule has 0 aliphatic carbocycles. The Hall–Kier alpha value is -1.91. The zero-order valence-corrected chi connectivity index (χ0v) is 13.8. The summed E-state index contributed by atoms with van der Waals surface area (Å²) in [5.41, 5.74) is 3.54. The van der Waals surface area contributed by atoms with Gasteiger partial charge in [0.05, 0.1) is 23.9 Å². The van der Waals surface area contributed by atoms with Crippen molar-refractivity contribution in [2.45, 2.75) is 9.79 Å². The summed E-state index contributed by atoms with van der Waals surface area (Å²) in [5.74, 6) is 0.886. The highest BCUT2D eigenvalue weighted by atomic mass is 35.5. The van der Waals surface area contributed by atoms with Crippen LogP contribution in [0.15, 0.2) is 58.5 Å². The van der Waals surface area contributed by atoms with Gasteiger partial charge >= 0.3 is 0 Å². The molecule has 1 N–H and O–H groups in total. The molecule has 3 nitrogen and oxygen atoms in total. The van der Waals surface area contributed by atoms with Gasteiger partial charge < -0.3 is 22.5 Å². The van der Waals surface area contributed by atoms with Crippen molar-refractivity contribution in [2.75, 3.05) is 12.4 Å². The van der Waals surface area contributed by atoms with Crippen molar-refractivity contribution in [2.24, 2.45) is 7.05 Å². The number of fused-ring (bicyclic) bond motifs is 4. The average Bonchev–Trinajstić information content (AvgIpc) is 2.53. The number of nitrogens with one attached hydrogen (secondary N) is 1. The second-order valence-electron chi connectivity index (χ2n) is 5.09. The molecule has 2 aromatic carbocycles. The van der Waals surface area contributed by atoms with Crippen molar-refractivity contribution in [3.05, 3.63) is 48.7 Å². The van der Waals surface area contributed by atoms with Crippen LogP contribution in [-0.2, 0) is 7.05 Å². The molecule has 0 atom stereocenters. The third-order valence-corrected chi connectivity index (χ3v) is 4.87. The van der Waals surface area contributed by atoms with E-state index < -0.39 is 0 Å². The van der Waals surface area contributed by atoms with Crippen molar-refractivity contribution in [1.29, 1.82) is 0 Å². The number of nitrogens with zero attached hydrogens (tertiary/aromatic N) is 1. The van der Waals surface area contributed by atoms with E-state index in [4.69, 9.17) is 4.74 Å². The Labute approximate surface area is 139 Å². The van der Waals surface area contributed by atoms with E-state index in [1.807, 2.05) is 6.07 Å². The molecule has 22 heavy (non-hydrogen) atoms. The van der Waals surface area contributed by atoms with E-state index in [-0.39, 0.29) is 12.4 Å². The number of para-hydroxylation sites is 1. The van der Waals surface area contributed by atoms with Crippen LogP contribution < -0.4 is 27.0 Å². The van der Waals surface area contributed by atoms with Crippen LogP contribution in [0.3, 0.4) is 0 Å². The standard InChI is InChI=1S/C17H14N2OS.ClH/c1-19-10-16-17(12-5-3-4-6-14(12)19)18-13-8-7-11(20-2)9-15(13)21-16;/h3-10H,1-2H3;1H. The van der Waals surface area contributed by atoms with E-state index in [1.54, 1.807) is 18.9 Å². The molecular formula is C17H15ClN2OS. The van der Waals surface area contributed by atoms with Gasteiger partial charge in [-0.15, -0.1) is 0 Å². The van der Waals surface area contributed by atoms with Crippen molar-refractivity contribution in [1.82, 2.24) is 0 Å².